The van der Waals surface area contributed by atoms with Crippen LogP contribution in [0.2, 0.25) is 0 Å². The summed E-state index contributed by atoms with van der Waals surface area (Å²) < 4.78 is 5.41. The van der Waals surface area contributed by atoms with Gasteiger partial charge in [-0.15, -0.1) is 0 Å². The second-order valence-corrected chi connectivity index (χ2v) is 2.96. The van der Waals surface area contributed by atoms with E-state index in [9.17, 15) is 0 Å². The van der Waals surface area contributed by atoms with E-state index in [0.29, 0.717) is 11.3 Å². The van der Waals surface area contributed by atoms with Gasteiger partial charge in [-0.3, -0.25) is 0 Å². The zero-order valence-electron chi connectivity index (χ0n) is 8.29. The molecule has 0 fully saturated rings. The van der Waals surface area contributed by atoms with Crippen LogP contribution in [0, 0.1) is 11.3 Å². The van der Waals surface area contributed by atoms with Crippen LogP contribution in [0.4, 0.5) is 5.82 Å². The molecule has 78 valence electrons. The van der Waals surface area contributed by atoms with E-state index in [1.165, 1.54) is 12.4 Å². The van der Waals surface area contributed by atoms with Gasteiger partial charge in [-0.2, -0.15) is 5.26 Å². The van der Waals surface area contributed by atoms with Gasteiger partial charge in [0.1, 0.15) is 11.8 Å². The zero-order valence-corrected chi connectivity index (χ0v) is 8.29. The van der Waals surface area contributed by atoms with Crippen molar-refractivity contribution in [2.75, 3.05) is 5.73 Å². The summed E-state index contributed by atoms with van der Waals surface area (Å²) in [5.74, 6) is 0.803. The molecule has 16 heavy (non-hydrogen) atoms. The minimum absolute atomic E-state index is 0.190. The van der Waals surface area contributed by atoms with E-state index < -0.39 is 0 Å². The predicted octanol–water partition coefficient (Wildman–Crippen LogP) is 1.72. The Morgan fingerprint density at radius 1 is 1.19 bits per heavy atom. The predicted molar refractivity (Wildman–Crippen MR) is 57.7 cm³/mol. The number of anilines is 1. The fraction of sp³-hybridized carbons (Fsp3) is 0. The van der Waals surface area contributed by atoms with Gasteiger partial charge in [0.15, 0.2) is 5.82 Å². The number of aromatic nitrogens is 2. The van der Waals surface area contributed by atoms with Gasteiger partial charge in [-0.05, 0) is 12.1 Å². The van der Waals surface area contributed by atoms with Crippen molar-refractivity contribution in [2.45, 2.75) is 0 Å². The normalized spacial score (nSPS) is 9.44. The third-order valence-electron chi connectivity index (χ3n) is 1.91. The monoisotopic (exact) mass is 212 g/mol. The molecular formula is C11H8N4O. The van der Waals surface area contributed by atoms with Gasteiger partial charge in [0, 0.05) is 12.4 Å². The fourth-order valence-electron chi connectivity index (χ4n) is 1.17. The molecule has 1 aromatic carbocycles. The average Bonchev–Trinajstić information content (AvgIpc) is 2.33. The second-order valence-electron chi connectivity index (χ2n) is 2.96. The topological polar surface area (TPSA) is 84.8 Å². The molecule has 0 spiro atoms. The van der Waals surface area contributed by atoms with Crippen LogP contribution >= 0.6 is 0 Å². The summed E-state index contributed by atoms with van der Waals surface area (Å²) in [5.41, 5.74) is 6.00. The number of rotatable bonds is 2. The molecule has 0 saturated heterocycles. The number of benzene rings is 1. The number of nitrogen functional groups attached to an aromatic ring is 1. The Morgan fingerprint density at radius 3 is 2.69 bits per heavy atom. The number of hydrogen-bond acceptors (Lipinski definition) is 5. The highest BCUT2D eigenvalue weighted by Gasteiger charge is 2.07. The lowest BCUT2D eigenvalue weighted by Gasteiger charge is -2.06. The van der Waals surface area contributed by atoms with Crippen molar-refractivity contribution >= 4 is 5.82 Å². The summed E-state index contributed by atoms with van der Waals surface area (Å²) in [6.07, 6.45) is 2.94. The van der Waals surface area contributed by atoms with Crippen LogP contribution in [0.1, 0.15) is 5.56 Å². The summed E-state index contributed by atoms with van der Waals surface area (Å²) in [6, 6.07) is 8.87. The Balaban J connectivity index is 2.35. The van der Waals surface area contributed by atoms with Crippen molar-refractivity contribution in [3.8, 4) is 17.7 Å². The van der Waals surface area contributed by atoms with Crippen LogP contribution in [-0.2, 0) is 0 Å². The van der Waals surface area contributed by atoms with Crippen LogP contribution in [0.3, 0.4) is 0 Å². The number of hydrogen-bond donors (Lipinski definition) is 1. The van der Waals surface area contributed by atoms with Crippen molar-refractivity contribution < 1.29 is 4.74 Å². The first kappa shape index (κ1) is 9.93. The van der Waals surface area contributed by atoms with Crippen molar-refractivity contribution in [1.29, 1.82) is 5.26 Å². The lowest BCUT2D eigenvalue weighted by Crippen LogP contribution is -1.97. The highest BCUT2D eigenvalue weighted by molar-refractivity contribution is 5.47. The minimum Gasteiger partial charge on any atom is -0.435 e. The quantitative estimate of drug-likeness (QED) is 0.819. The average molecular weight is 212 g/mol. The minimum atomic E-state index is 0.190. The molecule has 0 aliphatic heterocycles. The lowest BCUT2D eigenvalue weighted by molar-refractivity contribution is 0.462. The van der Waals surface area contributed by atoms with Gasteiger partial charge >= 0.3 is 0 Å². The fourth-order valence-corrected chi connectivity index (χ4v) is 1.17. The van der Waals surface area contributed by atoms with Crippen LogP contribution in [0.5, 0.6) is 11.6 Å². The van der Waals surface area contributed by atoms with Crippen molar-refractivity contribution in [2.24, 2.45) is 0 Å². The summed E-state index contributed by atoms with van der Waals surface area (Å²) in [6.45, 7) is 0. The van der Waals surface area contributed by atoms with E-state index in [2.05, 4.69) is 9.97 Å². The molecule has 2 aromatic rings. The molecule has 2 rings (SSSR count). The van der Waals surface area contributed by atoms with Crippen molar-refractivity contribution in [3.05, 3.63) is 42.2 Å². The number of ether oxygens (including phenoxy) is 1. The first-order chi connectivity index (χ1) is 7.81. The van der Waals surface area contributed by atoms with Gasteiger partial charge in [0.05, 0.1) is 5.56 Å². The van der Waals surface area contributed by atoms with Crippen LogP contribution in [-0.4, -0.2) is 9.97 Å². The van der Waals surface area contributed by atoms with Crippen molar-refractivity contribution in [1.82, 2.24) is 9.97 Å². The van der Waals surface area contributed by atoms with Gasteiger partial charge in [-0.1, -0.05) is 12.1 Å². The van der Waals surface area contributed by atoms with Gasteiger partial charge in [0.25, 0.3) is 5.88 Å². The Morgan fingerprint density at radius 2 is 1.94 bits per heavy atom. The number of para-hydroxylation sites is 1. The molecule has 1 heterocycles. The van der Waals surface area contributed by atoms with E-state index in [1.807, 2.05) is 6.07 Å². The maximum atomic E-state index is 8.87. The van der Waals surface area contributed by atoms with Crippen LogP contribution < -0.4 is 10.5 Å². The van der Waals surface area contributed by atoms with E-state index >= 15 is 0 Å². The third-order valence-corrected chi connectivity index (χ3v) is 1.91. The van der Waals surface area contributed by atoms with E-state index in [-0.39, 0.29) is 11.7 Å². The van der Waals surface area contributed by atoms with Crippen molar-refractivity contribution in [3.63, 3.8) is 0 Å². The Labute approximate surface area is 92.1 Å². The maximum Gasteiger partial charge on any atom is 0.262 e. The summed E-state index contributed by atoms with van der Waals surface area (Å²) in [7, 11) is 0. The molecule has 0 unspecified atom stereocenters. The van der Waals surface area contributed by atoms with E-state index in [4.69, 9.17) is 15.7 Å². The summed E-state index contributed by atoms with van der Waals surface area (Å²) in [5, 5.41) is 8.87. The maximum absolute atomic E-state index is 8.87. The first-order valence-electron chi connectivity index (χ1n) is 4.54. The largest absolute Gasteiger partial charge is 0.435 e. The first-order valence-corrected chi connectivity index (χ1v) is 4.54. The lowest BCUT2D eigenvalue weighted by atomic mass is 10.2. The van der Waals surface area contributed by atoms with Gasteiger partial charge in [0.2, 0.25) is 0 Å². The Kier molecular flexibility index (Phi) is 2.65. The highest BCUT2D eigenvalue weighted by Crippen LogP contribution is 2.25. The molecule has 0 atom stereocenters. The number of nitriles is 1. The zero-order chi connectivity index (χ0) is 11.4. The third kappa shape index (κ3) is 1.91. The molecule has 0 aliphatic rings. The molecule has 5 heteroatoms. The van der Waals surface area contributed by atoms with Gasteiger partial charge in [-0.25, -0.2) is 9.97 Å². The molecule has 2 N–H and O–H groups in total. The molecule has 0 amide bonds. The smallest absolute Gasteiger partial charge is 0.262 e. The Hall–Kier alpha value is -2.61. The molecule has 5 nitrogen and oxygen atoms in total. The number of nitrogens with two attached hydrogens (primary N) is 1. The Bertz CT molecular complexity index is 548. The van der Waals surface area contributed by atoms with Crippen LogP contribution in [0.15, 0.2) is 36.7 Å². The summed E-state index contributed by atoms with van der Waals surface area (Å²) in [4.78, 5) is 7.77. The van der Waals surface area contributed by atoms with E-state index in [0.717, 1.165) is 0 Å². The van der Waals surface area contributed by atoms with E-state index in [1.54, 1.807) is 24.3 Å². The standard InChI is InChI=1S/C11H8N4O/c12-7-8-3-1-2-4-9(8)16-11-10(13)14-5-6-15-11/h1-6H,(H2,13,14). The molecule has 1 aromatic heterocycles. The molecule has 0 saturated carbocycles. The second kappa shape index (κ2) is 4.28. The number of nitrogens with zero attached hydrogens (tertiary/aromatic N) is 3. The van der Waals surface area contributed by atoms with Gasteiger partial charge < -0.3 is 10.5 Å². The summed E-state index contributed by atoms with van der Waals surface area (Å²) >= 11 is 0. The molecule has 0 bridgehead atoms. The SMILES string of the molecule is N#Cc1ccccc1Oc1nccnc1N. The van der Waals surface area contributed by atoms with Crippen LogP contribution in [0.25, 0.3) is 0 Å². The highest BCUT2D eigenvalue weighted by atomic mass is 16.5. The molecule has 0 radical (unpaired) electrons. The molecule has 0 aliphatic carbocycles. The molecular weight excluding hydrogens is 204 g/mol.